The number of ether oxygens (including phenoxy) is 2. The van der Waals surface area contributed by atoms with Crippen molar-refractivity contribution < 1.29 is 9.47 Å². The van der Waals surface area contributed by atoms with Gasteiger partial charge in [-0.2, -0.15) is 0 Å². The second kappa shape index (κ2) is 9.11. The van der Waals surface area contributed by atoms with Crippen LogP contribution in [0.5, 0.6) is 5.75 Å². The lowest BCUT2D eigenvalue weighted by molar-refractivity contribution is -0.0248. The molecule has 1 heterocycles. The normalized spacial score (nSPS) is 52.0. The number of epoxide rings is 1. The summed E-state index contributed by atoms with van der Waals surface area (Å²) in [5, 5.41) is 0. The quantitative estimate of drug-likeness (QED) is 0.293. The van der Waals surface area contributed by atoms with Gasteiger partial charge in [-0.25, -0.2) is 0 Å². The van der Waals surface area contributed by atoms with E-state index in [1.807, 2.05) is 16.7 Å². The lowest BCUT2D eigenvalue weighted by Gasteiger charge is -2.63. The van der Waals surface area contributed by atoms with Crippen molar-refractivity contribution in [1.29, 1.82) is 0 Å². The number of rotatable bonds is 7. The van der Waals surface area contributed by atoms with E-state index in [2.05, 4.69) is 19.9 Å². The minimum Gasteiger partial charge on any atom is -0.490 e. The monoisotopic (exact) mass is 594 g/mol. The molecule has 12 aliphatic carbocycles. The van der Waals surface area contributed by atoms with Crippen LogP contribution in [0.1, 0.15) is 158 Å². The maximum Gasteiger partial charge on any atom is 0.123 e. The van der Waals surface area contributed by atoms with Crippen molar-refractivity contribution >= 4 is 0 Å². The average Bonchev–Trinajstić information content (AvgIpc) is 3.78. The van der Waals surface area contributed by atoms with Crippen LogP contribution in [0.3, 0.4) is 0 Å². The van der Waals surface area contributed by atoms with Gasteiger partial charge in [0.25, 0.3) is 0 Å². The molecule has 2 nitrogen and oxygen atoms in total. The lowest BCUT2D eigenvalue weighted by atomic mass is 9.41. The van der Waals surface area contributed by atoms with E-state index in [-0.39, 0.29) is 0 Å². The molecular weight excluding hydrogens is 536 g/mol. The minimum atomic E-state index is 0.323. The van der Waals surface area contributed by atoms with Crippen molar-refractivity contribution in [3.8, 4) is 5.75 Å². The third-order valence-corrected chi connectivity index (χ3v) is 16.5. The summed E-state index contributed by atoms with van der Waals surface area (Å²) in [5.41, 5.74) is 8.89. The summed E-state index contributed by atoms with van der Waals surface area (Å²) in [6.07, 6.45) is 27.7. The third kappa shape index (κ3) is 3.88. The predicted molar refractivity (Wildman–Crippen MR) is 175 cm³/mol. The van der Waals surface area contributed by atoms with E-state index in [1.54, 1.807) is 63.4 Å². The topological polar surface area (TPSA) is 21.8 Å². The fraction of sp³-hybridized carbons (Fsp3) is 0.857. The Hall–Kier alpha value is -1.02. The van der Waals surface area contributed by atoms with Gasteiger partial charge in [0, 0.05) is 5.56 Å². The summed E-state index contributed by atoms with van der Waals surface area (Å²) < 4.78 is 12.8. The lowest BCUT2D eigenvalue weighted by Crippen LogP contribution is -2.55. The highest BCUT2D eigenvalue weighted by atomic mass is 16.6. The van der Waals surface area contributed by atoms with Crippen molar-refractivity contribution in [3.05, 3.63) is 28.3 Å². The molecule has 1 atom stereocenters. The molecule has 1 aromatic carbocycles. The van der Waals surface area contributed by atoms with Crippen LogP contribution >= 0.6 is 0 Å². The van der Waals surface area contributed by atoms with Crippen LogP contribution in [0.2, 0.25) is 0 Å². The molecule has 0 spiro atoms. The molecule has 1 aromatic rings. The Balaban J connectivity index is 1.20. The second-order valence-electron chi connectivity index (χ2n) is 20.1. The van der Waals surface area contributed by atoms with Gasteiger partial charge in [0.15, 0.2) is 0 Å². The highest BCUT2D eigenvalue weighted by Crippen LogP contribution is 2.70. The van der Waals surface area contributed by atoms with Gasteiger partial charge in [-0.1, -0.05) is 13.8 Å². The van der Waals surface area contributed by atoms with Gasteiger partial charge in [-0.3, -0.25) is 0 Å². The summed E-state index contributed by atoms with van der Waals surface area (Å²) in [7, 11) is 0. The molecule has 1 unspecified atom stereocenters. The third-order valence-electron chi connectivity index (χ3n) is 16.5. The first-order valence-electron chi connectivity index (χ1n) is 19.8. The van der Waals surface area contributed by atoms with Crippen molar-refractivity contribution in [2.45, 2.75) is 158 Å². The number of benzene rings is 1. The van der Waals surface area contributed by atoms with E-state index in [1.165, 1.54) is 63.5 Å². The molecular formula is C42H58O2. The van der Waals surface area contributed by atoms with Gasteiger partial charge in [-0.05, 0) is 214 Å². The largest absolute Gasteiger partial charge is 0.490 e. The Morgan fingerprint density at radius 1 is 0.591 bits per heavy atom. The highest BCUT2D eigenvalue weighted by molar-refractivity contribution is 5.61. The van der Waals surface area contributed by atoms with E-state index in [0.717, 1.165) is 66.5 Å². The molecule has 0 N–H and O–H groups in total. The molecule has 12 saturated carbocycles. The fourth-order valence-electron chi connectivity index (χ4n) is 16.5. The van der Waals surface area contributed by atoms with Crippen molar-refractivity contribution in [3.63, 3.8) is 0 Å². The van der Waals surface area contributed by atoms with E-state index in [4.69, 9.17) is 9.47 Å². The van der Waals surface area contributed by atoms with Gasteiger partial charge >= 0.3 is 0 Å². The first-order valence-corrected chi connectivity index (χ1v) is 19.8. The maximum absolute atomic E-state index is 7.08. The molecule has 0 amide bonds. The van der Waals surface area contributed by atoms with Gasteiger partial charge in [-0.15, -0.1) is 0 Å². The molecule has 13 fully saturated rings. The van der Waals surface area contributed by atoms with Crippen molar-refractivity contribution in [2.75, 3.05) is 13.2 Å². The van der Waals surface area contributed by atoms with Crippen LogP contribution in [0.25, 0.3) is 0 Å². The molecule has 12 bridgehead atoms. The van der Waals surface area contributed by atoms with Crippen LogP contribution < -0.4 is 4.74 Å². The summed E-state index contributed by atoms with van der Waals surface area (Å²) in [6, 6.07) is 2.79. The average molecular weight is 595 g/mol. The van der Waals surface area contributed by atoms with Crippen molar-refractivity contribution in [1.82, 2.24) is 0 Å². The molecule has 14 rings (SSSR count). The molecule has 2 heteroatoms. The van der Waals surface area contributed by atoms with Crippen LogP contribution in [0, 0.1) is 53.3 Å². The van der Waals surface area contributed by atoms with Crippen LogP contribution in [-0.4, -0.2) is 19.3 Å². The Labute approximate surface area is 267 Å². The summed E-state index contributed by atoms with van der Waals surface area (Å²) >= 11 is 0. The Kier molecular flexibility index (Phi) is 5.59. The Morgan fingerprint density at radius 3 is 1.32 bits per heavy atom. The first kappa shape index (κ1) is 27.0. The molecule has 1 saturated heterocycles. The summed E-state index contributed by atoms with van der Waals surface area (Å²) in [6.45, 7) is 6.73. The van der Waals surface area contributed by atoms with Gasteiger partial charge in [0.1, 0.15) is 18.5 Å². The summed E-state index contributed by atoms with van der Waals surface area (Å²) in [4.78, 5) is 0. The van der Waals surface area contributed by atoms with E-state index < -0.39 is 0 Å². The van der Waals surface area contributed by atoms with Gasteiger partial charge in [0.2, 0.25) is 0 Å². The number of hydrogen-bond donors (Lipinski definition) is 0. The molecule has 44 heavy (non-hydrogen) atoms. The van der Waals surface area contributed by atoms with Gasteiger partial charge < -0.3 is 9.47 Å². The molecule has 0 radical (unpaired) electrons. The standard InChI is InChI=1S/C42H58O2/c1-24(2)37-36(44-23-34-22-43-34)12-35(40-13-25-3-26(14-40)5-27(4-25)15-40)38(41-16-28-6-29(17-41)8-30(7-28)18-41)39(37)42-19-31-9-32(20-42)11-33(10-31)21-42/h12,24-34H,3-11,13-23H2,1-2H3. The fourth-order valence-corrected chi connectivity index (χ4v) is 16.5. The van der Waals surface area contributed by atoms with E-state index >= 15 is 0 Å². The molecule has 0 aromatic heterocycles. The zero-order chi connectivity index (χ0) is 29.0. The van der Waals surface area contributed by atoms with E-state index in [9.17, 15) is 0 Å². The zero-order valence-corrected chi connectivity index (χ0v) is 27.9. The number of hydrogen-bond acceptors (Lipinski definition) is 2. The minimum absolute atomic E-state index is 0.323. The Morgan fingerprint density at radius 2 is 0.955 bits per heavy atom. The summed E-state index contributed by atoms with van der Waals surface area (Å²) in [5.74, 6) is 10.8. The van der Waals surface area contributed by atoms with Crippen LogP contribution in [0.15, 0.2) is 6.07 Å². The molecule has 238 valence electrons. The maximum atomic E-state index is 7.08. The first-order chi connectivity index (χ1) is 21.3. The smallest absolute Gasteiger partial charge is 0.123 e. The molecule has 1 aliphatic heterocycles. The van der Waals surface area contributed by atoms with Crippen LogP contribution in [0.4, 0.5) is 0 Å². The molecule has 13 aliphatic rings. The zero-order valence-electron chi connectivity index (χ0n) is 27.9. The van der Waals surface area contributed by atoms with Crippen molar-refractivity contribution in [2.24, 2.45) is 53.3 Å². The highest BCUT2D eigenvalue weighted by Gasteiger charge is 2.61. The second-order valence-corrected chi connectivity index (χ2v) is 20.1. The Bertz CT molecular complexity index is 1260. The van der Waals surface area contributed by atoms with E-state index in [0.29, 0.717) is 28.3 Å². The van der Waals surface area contributed by atoms with Crippen LogP contribution in [-0.2, 0) is 21.0 Å². The van der Waals surface area contributed by atoms with Gasteiger partial charge in [0.05, 0.1) is 6.61 Å². The predicted octanol–water partition coefficient (Wildman–Crippen LogP) is 9.99. The SMILES string of the molecule is CC(C)c1c(OCC2CO2)cc(C23CC4CC(CC(C4)C2)C3)c(C23CC4CC(CC(C4)C2)C3)c1C12CC3CC(CC(C3)C1)C2.